The molecule has 1 aromatic heterocycles. The van der Waals surface area contributed by atoms with E-state index in [4.69, 9.17) is 22.9 Å². The molecule has 0 aliphatic carbocycles. The summed E-state index contributed by atoms with van der Waals surface area (Å²) < 4.78 is 0. The normalized spacial score (nSPS) is 16.0. The Bertz CT molecular complexity index is 4310. The first-order valence-corrected chi connectivity index (χ1v) is 44.0. The van der Waals surface area contributed by atoms with Crippen LogP contribution < -0.4 is 86.7 Å². The molecule has 1 fully saturated rings. The Morgan fingerprint density at radius 3 is 1.26 bits per heavy atom. The van der Waals surface area contributed by atoms with E-state index in [1.54, 1.807) is 124 Å². The molecule has 34 heteroatoms. The van der Waals surface area contributed by atoms with Crippen molar-refractivity contribution in [2.75, 3.05) is 32.8 Å². The maximum atomic E-state index is 15.5. The molecule has 6 rings (SSSR count). The zero-order valence-electron chi connectivity index (χ0n) is 73.8. The molecular formula is C91H136N18O16. The number of hydrogen-bond acceptors (Lipinski definition) is 19. The predicted octanol–water partition coefficient (Wildman–Crippen LogP) is 2.24. The third kappa shape index (κ3) is 34.0. The van der Waals surface area contributed by atoms with Gasteiger partial charge in [-0.05, 0) is 168 Å². The summed E-state index contributed by atoms with van der Waals surface area (Å²) in [5.41, 5.74) is 26.7. The number of aliphatic carboxylic acids is 1. The molecule has 34 nitrogen and oxygen atoms in total. The number of likely N-dealkylation sites (tertiary alicyclic amines) is 1. The monoisotopic (exact) mass is 1740 g/mol. The van der Waals surface area contributed by atoms with Gasteiger partial charge in [-0.1, -0.05) is 171 Å². The number of aromatic nitrogens is 1. The van der Waals surface area contributed by atoms with Crippen molar-refractivity contribution in [3.8, 4) is 0 Å². The first-order chi connectivity index (χ1) is 59.7. The fourth-order valence-electron chi connectivity index (χ4n) is 15.0. The molecule has 23 N–H and O–H groups in total. The summed E-state index contributed by atoms with van der Waals surface area (Å²) in [6.07, 6.45) is 5.45. The van der Waals surface area contributed by atoms with Crippen molar-refractivity contribution in [1.82, 2.24) is 73.7 Å². The number of unbranched alkanes of at least 4 members (excludes halogenated alkanes) is 3. The highest BCUT2D eigenvalue weighted by Crippen LogP contribution is 2.25. The van der Waals surface area contributed by atoms with Gasteiger partial charge < -0.3 is 107 Å². The topological polar surface area (TPSA) is 547 Å². The summed E-state index contributed by atoms with van der Waals surface area (Å²) >= 11 is 0. The number of nitrogens with two attached hydrogens (primary N) is 4. The highest BCUT2D eigenvalue weighted by Gasteiger charge is 2.42. The third-order valence-electron chi connectivity index (χ3n) is 22.1. The van der Waals surface area contributed by atoms with Gasteiger partial charge in [-0.2, -0.15) is 0 Å². The molecule has 0 saturated carbocycles. The van der Waals surface area contributed by atoms with Crippen LogP contribution in [-0.4, -0.2) is 220 Å². The van der Waals surface area contributed by atoms with Gasteiger partial charge in [0.15, 0.2) is 0 Å². The van der Waals surface area contributed by atoms with Crippen molar-refractivity contribution in [1.29, 1.82) is 0 Å². The van der Waals surface area contributed by atoms with Gasteiger partial charge in [0.1, 0.15) is 78.5 Å². The quantitative estimate of drug-likeness (QED) is 0.0248. The number of nitrogens with zero attached hydrogens (tertiary/aromatic N) is 1. The van der Waals surface area contributed by atoms with Crippen LogP contribution in [0.5, 0.6) is 0 Å². The lowest BCUT2D eigenvalue weighted by Gasteiger charge is -2.31. The molecule has 0 radical (unpaired) electrons. The highest BCUT2D eigenvalue weighted by atomic mass is 16.4. The number of carbonyl (C=O) groups excluding carboxylic acids is 13. The van der Waals surface area contributed by atoms with Gasteiger partial charge in [0.2, 0.25) is 76.8 Å². The van der Waals surface area contributed by atoms with Crippen molar-refractivity contribution in [3.05, 3.63) is 144 Å². The zero-order valence-corrected chi connectivity index (χ0v) is 73.8. The number of H-pyrrole nitrogens is 1. The Morgan fingerprint density at radius 1 is 0.416 bits per heavy atom. The van der Waals surface area contributed by atoms with Crippen molar-refractivity contribution in [3.63, 3.8) is 0 Å². The molecule has 2 heterocycles. The Labute approximate surface area is 733 Å². The Hall–Kier alpha value is -11.2. The number of rotatable bonds is 55. The Kier molecular flexibility index (Phi) is 43.7. The van der Waals surface area contributed by atoms with Crippen LogP contribution >= 0.6 is 0 Å². The number of benzene rings is 4. The van der Waals surface area contributed by atoms with E-state index in [1.807, 2.05) is 52.8 Å². The van der Waals surface area contributed by atoms with Gasteiger partial charge in [-0.3, -0.25) is 62.3 Å². The molecule has 1 saturated heterocycles. The number of amides is 13. The smallest absolute Gasteiger partial charge is 0.326 e. The molecule has 0 unspecified atom stereocenters. The number of para-hydroxylation sites is 1. The minimum Gasteiger partial charge on any atom is -0.480 e. The van der Waals surface area contributed by atoms with Crippen molar-refractivity contribution in [2.45, 2.75) is 269 Å². The van der Waals surface area contributed by atoms with E-state index < -0.39 is 180 Å². The lowest BCUT2D eigenvalue weighted by Crippen LogP contribution is -2.61. The van der Waals surface area contributed by atoms with Crippen LogP contribution in [0.15, 0.2) is 121 Å². The number of fused-ring (bicyclic) bond motifs is 1. The number of carboxylic acid groups (broad SMARTS) is 1. The van der Waals surface area contributed by atoms with Gasteiger partial charge in [0, 0.05) is 49.3 Å². The van der Waals surface area contributed by atoms with E-state index in [0.717, 1.165) is 10.9 Å². The second-order valence-corrected chi connectivity index (χ2v) is 33.9. The first-order valence-electron chi connectivity index (χ1n) is 44.0. The summed E-state index contributed by atoms with van der Waals surface area (Å²) in [6, 6.07) is 15.0. The van der Waals surface area contributed by atoms with E-state index in [-0.39, 0.29) is 102 Å². The SMILES string of the molecule is CC[C@H](C)[C@H](NC(=O)[C@@H](N)CC(C)C)C(=O)N[C@@H](Cc1ccccc1)C(=O)N[C@@H](CO)C(=O)N[C@@H](CC(C)C)C(=O)N[C@@H](Cc1ccccc1)C(=O)N[C@@H](C)C(=O)N[C@@H](Cc1c[nH]c2ccccc12)C(=O)N1CCC[C@H]1C(=O)N[C@@H](Cc1ccccc1)C(=O)N[C@@H](CC(C)C)C(=O)N[C@@H](CCCCN)C(=O)N[C@@H](CCCCN)C(=O)N[C@@H](CCCCN)C(=O)O. The summed E-state index contributed by atoms with van der Waals surface area (Å²) in [5, 5.41) is 54.4. The highest BCUT2D eigenvalue weighted by molar-refractivity contribution is 6.01. The standard InChI is InChI=1S/C91H136N18O16/c1-10-57(8)77(108-79(112)64(95)45-54(2)3)89(122)105-73(50-61-33-18-13-19-34-61)86(119)107-75(53-110)87(120)102-70(47-56(6)7)84(117)103-71(48-59-29-14-11-15-30-59)82(115)97-58(9)78(111)106-74(51-62-52-96-65-36-21-20-35-63(62)65)90(123)109-44-28-40-76(109)88(121)104-72(49-60-31-16-12-17-32-60)85(118)101-69(46-55(4)5)83(116)99-66(37-22-25-41-92)80(113)98-67(38-23-26-42-93)81(114)100-68(91(124)125)39-24-27-43-94/h11-21,29-36,52,54-58,64,66-77,96,110H,10,22-28,37-51,53,92-95H2,1-9H3,(H,97,115)(H,98,113)(H,99,116)(H,100,114)(H,101,118)(H,102,120)(H,103,117)(H,104,121)(H,105,122)(H,106,111)(H,107,119)(H,108,112)(H,124,125)/t57-,58-,64-,66-,67-,68-,69-,70-,71-,72-,73-,74-,75-,76-,77-/m0/s1. The Morgan fingerprint density at radius 2 is 0.800 bits per heavy atom. The number of aliphatic hydroxyl groups excluding tert-OH is 1. The lowest BCUT2D eigenvalue weighted by molar-refractivity contribution is -0.142. The van der Waals surface area contributed by atoms with E-state index >= 15 is 14.4 Å². The summed E-state index contributed by atoms with van der Waals surface area (Å²) in [4.78, 5) is 206. The average molecular weight is 1740 g/mol. The molecular weight excluding hydrogens is 1600 g/mol. The van der Waals surface area contributed by atoms with E-state index in [2.05, 4.69) is 68.8 Å². The van der Waals surface area contributed by atoms with Crippen LogP contribution in [0.2, 0.25) is 0 Å². The Balaban J connectivity index is 1.22. The van der Waals surface area contributed by atoms with Crippen molar-refractivity contribution in [2.24, 2.45) is 46.6 Å². The minimum absolute atomic E-state index is 0.0168. The second-order valence-electron chi connectivity index (χ2n) is 33.9. The van der Waals surface area contributed by atoms with Gasteiger partial charge in [-0.25, -0.2) is 4.79 Å². The van der Waals surface area contributed by atoms with E-state index in [1.165, 1.54) is 11.8 Å². The average Bonchev–Trinajstić information content (AvgIpc) is 1.68. The number of hydrogen-bond donors (Lipinski definition) is 19. The first kappa shape index (κ1) is 103. The largest absolute Gasteiger partial charge is 0.480 e. The zero-order chi connectivity index (χ0) is 91.8. The van der Waals surface area contributed by atoms with E-state index in [9.17, 15) is 63.0 Å². The lowest BCUT2D eigenvalue weighted by atomic mass is 9.96. The number of carboxylic acids is 1. The van der Waals surface area contributed by atoms with Crippen LogP contribution in [0.1, 0.15) is 181 Å². The number of carbonyl (C=O) groups is 14. The van der Waals surface area contributed by atoms with Crippen LogP contribution in [0.3, 0.4) is 0 Å². The molecule has 1 aliphatic rings. The van der Waals surface area contributed by atoms with Crippen molar-refractivity contribution < 1.29 is 77.3 Å². The summed E-state index contributed by atoms with van der Waals surface area (Å²) in [5.74, 6) is -12.2. The molecule has 15 atom stereocenters. The fourth-order valence-corrected chi connectivity index (χ4v) is 15.0. The molecule has 686 valence electrons. The van der Waals surface area contributed by atoms with Crippen LogP contribution in [0, 0.1) is 23.7 Å². The fraction of sp³-hybridized carbons (Fsp3) is 0.560. The third-order valence-corrected chi connectivity index (χ3v) is 22.1. The van der Waals surface area contributed by atoms with Gasteiger partial charge in [0.25, 0.3) is 0 Å². The summed E-state index contributed by atoms with van der Waals surface area (Å²) in [7, 11) is 0. The predicted molar refractivity (Wildman–Crippen MR) is 475 cm³/mol. The van der Waals surface area contributed by atoms with E-state index in [0.29, 0.717) is 86.6 Å². The summed E-state index contributed by atoms with van der Waals surface area (Å²) in [6.45, 7) is 16.0. The molecule has 1 aliphatic heterocycles. The molecule has 125 heavy (non-hydrogen) atoms. The van der Waals surface area contributed by atoms with Gasteiger partial charge in [-0.15, -0.1) is 0 Å². The van der Waals surface area contributed by atoms with Gasteiger partial charge in [0.05, 0.1) is 12.6 Å². The maximum Gasteiger partial charge on any atom is 0.326 e. The number of aliphatic hydroxyl groups is 1. The second kappa shape index (κ2) is 53.2. The molecule has 0 spiro atoms. The molecule has 4 aromatic carbocycles. The number of nitrogens with one attached hydrogen (secondary N) is 13. The molecule has 13 amide bonds. The van der Waals surface area contributed by atoms with Crippen molar-refractivity contribution >= 4 is 93.7 Å². The maximum absolute atomic E-state index is 15.5. The minimum atomic E-state index is -1.69. The molecule has 0 bridgehead atoms. The van der Waals surface area contributed by atoms with Crippen LogP contribution in [-0.2, 0) is 92.8 Å². The number of aromatic amines is 1. The van der Waals surface area contributed by atoms with Gasteiger partial charge >= 0.3 is 5.97 Å². The molecule has 5 aromatic rings. The van der Waals surface area contributed by atoms with Crippen LogP contribution in [0.4, 0.5) is 0 Å². The van der Waals surface area contributed by atoms with Crippen LogP contribution in [0.25, 0.3) is 10.9 Å².